The van der Waals surface area contributed by atoms with E-state index in [1.54, 1.807) is 30.3 Å². The predicted molar refractivity (Wildman–Crippen MR) is 82.7 cm³/mol. The van der Waals surface area contributed by atoms with Gasteiger partial charge in [-0.2, -0.15) is 8.78 Å². The lowest BCUT2D eigenvalue weighted by Gasteiger charge is -2.19. The lowest BCUT2D eigenvalue weighted by Crippen LogP contribution is -2.23. The Kier molecular flexibility index (Phi) is 5.31. The number of hydrogen-bond acceptors (Lipinski definition) is 2. The average molecular weight is 356 g/mol. The summed E-state index contributed by atoms with van der Waals surface area (Å²) < 4.78 is 34.4. The number of halogens is 3. The zero-order chi connectivity index (χ0) is 15.3. The minimum Gasteiger partial charge on any atom is -0.487 e. The topological polar surface area (TPSA) is 35.2 Å². The molecule has 0 heterocycles. The van der Waals surface area contributed by atoms with Gasteiger partial charge in [0.15, 0.2) is 6.61 Å². The van der Waals surface area contributed by atoms with E-state index in [-0.39, 0.29) is 5.56 Å². The second-order valence-electron chi connectivity index (χ2n) is 4.65. The summed E-state index contributed by atoms with van der Waals surface area (Å²) in [4.78, 5) is 0. The highest BCUT2D eigenvalue weighted by Gasteiger charge is 2.32. The summed E-state index contributed by atoms with van der Waals surface area (Å²) in [6.45, 7) is -0.266. The molecule has 0 saturated carbocycles. The van der Waals surface area contributed by atoms with Gasteiger partial charge in [0, 0.05) is 10.0 Å². The summed E-state index contributed by atoms with van der Waals surface area (Å²) >= 11 is 3.35. The maximum Gasteiger partial charge on any atom is 0.306 e. The van der Waals surface area contributed by atoms with Crippen LogP contribution in [-0.4, -0.2) is 13.2 Å². The summed E-state index contributed by atoms with van der Waals surface area (Å²) in [5.74, 6) is -2.59. The smallest absolute Gasteiger partial charge is 0.306 e. The van der Waals surface area contributed by atoms with E-state index < -0.39 is 12.5 Å². The van der Waals surface area contributed by atoms with Crippen molar-refractivity contribution in [1.82, 2.24) is 0 Å². The van der Waals surface area contributed by atoms with Crippen LogP contribution in [0.4, 0.5) is 8.78 Å². The van der Waals surface area contributed by atoms with Crippen LogP contribution in [0.1, 0.15) is 11.1 Å². The summed E-state index contributed by atoms with van der Waals surface area (Å²) in [6, 6.07) is 12.9. The van der Waals surface area contributed by atoms with Gasteiger partial charge in [-0.25, -0.2) is 0 Å². The molecule has 0 unspecified atom stereocenters. The molecule has 112 valence electrons. The quantitative estimate of drug-likeness (QED) is 0.845. The third-order valence-corrected chi connectivity index (χ3v) is 3.53. The Bertz CT molecular complexity index is 590. The van der Waals surface area contributed by atoms with Crippen molar-refractivity contribution in [1.29, 1.82) is 0 Å². The molecule has 2 aromatic rings. The van der Waals surface area contributed by atoms with E-state index in [0.29, 0.717) is 18.7 Å². The highest BCUT2D eigenvalue weighted by atomic mass is 79.9. The molecule has 0 saturated heterocycles. The van der Waals surface area contributed by atoms with Gasteiger partial charge < -0.3 is 10.5 Å². The van der Waals surface area contributed by atoms with Crippen molar-refractivity contribution in [2.75, 3.05) is 13.2 Å². The molecule has 0 aliphatic heterocycles. The molecule has 0 spiro atoms. The molecule has 0 aliphatic rings. The molecule has 2 aromatic carbocycles. The van der Waals surface area contributed by atoms with E-state index in [4.69, 9.17) is 10.5 Å². The van der Waals surface area contributed by atoms with Gasteiger partial charge in [0.2, 0.25) is 0 Å². The van der Waals surface area contributed by atoms with E-state index in [0.717, 1.165) is 10.0 Å². The molecule has 0 amide bonds. The van der Waals surface area contributed by atoms with E-state index in [9.17, 15) is 8.78 Å². The van der Waals surface area contributed by atoms with Crippen molar-refractivity contribution in [3.63, 3.8) is 0 Å². The van der Waals surface area contributed by atoms with Gasteiger partial charge in [0.1, 0.15) is 5.75 Å². The zero-order valence-electron chi connectivity index (χ0n) is 11.4. The maximum absolute atomic E-state index is 14.1. The first kappa shape index (κ1) is 15.9. The van der Waals surface area contributed by atoms with Crippen LogP contribution in [0.15, 0.2) is 53.0 Å². The van der Waals surface area contributed by atoms with Gasteiger partial charge in [-0.15, -0.1) is 0 Å². The largest absolute Gasteiger partial charge is 0.487 e. The maximum atomic E-state index is 14.1. The fourth-order valence-electron chi connectivity index (χ4n) is 1.97. The highest BCUT2D eigenvalue weighted by molar-refractivity contribution is 9.10. The van der Waals surface area contributed by atoms with Crippen molar-refractivity contribution >= 4 is 15.9 Å². The fraction of sp³-hybridized carbons (Fsp3) is 0.250. The highest BCUT2D eigenvalue weighted by Crippen LogP contribution is 2.30. The third-order valence-electron chi connectivity index (χ3n) is 3.04. The second-order valence-corrected chi connectivity index (χ2v) is 5.57. The Balaban J connectivity index is 2.12. The van der Waals surface area contributed by atoms with Crippen LogP contribution in [0.2, 0.25) is 0 Å². The Morgan fingerprint density at radius 2 is 1.81 bits per heavy atom. The lowest BCUT2D eigenvalue weighted by atomic mass is 10.1. The molecule has 0 radical (unpaired) electrons. The first-order chi connectivity index (χ1) is 10.0. The molecule has 21 heavy (non-hydrogen) atoms. The third kappa shape index (κ3) is 4.25. The molecule has 2 rings (SSSR count). The minimum atomic E-state index is -3.03. The molecule has 0 aliphatic carbocycles. The Hall–Kier alpha value is -1.46. The van der Waals surface area contributed by atoms with Crippen LogP contribution < -0.4 is 10.5 Å². The first-order valence-electron chi connectivity index (χ1n) is 6.57. The van der Waals surface area contributed by atoms with Gasteiger partial charge in [-0.05, 0) is 36.7 Å². The van der Waals surface area contributed by atoms with E-state index in [1.165, 1.54) is 12.1 Å². The minimum absolute atomic E-state index is 0.0533. The molecular weight excluding hydrogens is 340 g/mol. The average Bonchev–Trinajstić information content (AvgIpc) is 2.48. The van der Waals surface area contributed by atoms with Crippen molar-refractivity contribution in [2.45, 2.75) is 12.3 Å². The molecular formula is C16H16BrF2NO. The van der Waals surface area contributed by atoms with Gasteiger partial charge in [-0.1, -0.05) is 46.3 Å². The number of ether oxygens (including phenoxy) is 1. The molecule has 5 heteroatoms. The fourth-order valence-corrected chi connectivity index (χ4v) is 2.38. The molecule has 0 bridgehead atoms. The van der Waals surface area contributed by atoms with Crippen LogP contribution in [-0.2, 0) is 12.3 Å². The van der Waals surface area contributed by atoms with Crippen LogP contribution >= 0.6 is 15.9 Å². The second kappa shape index (κ2) is 7.00. The number of benzene rings is 2. The number of rotatable bonds is 6. The van der Waals surface area contributed by atoms with E-state index >= 15 is 0 Å². The van der Waals surface area contributed by atoms with Crippen LogP contribution in [0.3, 0.4) is 0 Å². The molecule has 0 atom stereocenters. The van der Waals surface area contributed by atoms with Gasteiger partial charge in [0.05, 0.1) is 0 Å². The Labute approximate surface area is 131 Å². The predicted octanol–water partition coefficient (Wildman–Crippen LogP) is 4.12. The summed E-state index contributed by atoms with van der Waals surface area (Å²) in [5.41, 5.74) is 6.30. The van der Waals surface area contributed by atoms with E-state index in [1.807, 2.05) is 6.07 Å². The number of alkyl halides is 2. The standard InChI is InChI=1S/C16H16BrF2NO/c17-14-6-7-15(12(10-14)8-9-20)21-11-16(18,19)13-4-2-1-3-5-13/h1-7,10H,8-9,11,20H2. The van der Waals surface area contributed by atoms with Gasteiger partial charge >= 0.3 is 5.92 Å². The number of hydrogen-bond donors (Lipinski definition) is 1. The zero-order valence-corrected chi connectivity index (χ0v) is 12.9. The summed E-state index contributed by atoms with van der Waals surface area (Å²) in [5, 5.41) is 0. The Morgan fingerprint density at radius 1 is 1.10 bits per heavy atom. The monoisotopic (exact) mass is 355 g/mol. The normalized spacial score (nSPS) is 11.4. The summed E-state index contributed by atoms with van der Waals surface area (Å²) in [6.07, 6.45) is 0.575. The first-order valence-corrected chi connectivity index (χ1v) is 7.37. The van der Waals surface area contributed by atoms with Crippen molar-refractivity contribution in [3.8, 4) is 5.75 Å². The molecule has 0 aromatic heterocycles. The Morgan fingerprint density at radius 3 is 2.48 bits per heavy atom. The van der Waals surface area contributed by atoms with Crippen LogP contribution in [0.25, 0.3) is 0 Å². The van der Waals surface area contributed by atoms with Crippen molar-refractivity contribution in [2.24, 2.45) is 5.73 Å². The van der Waals surface area contributed by atoms with Crippen molar-refractivity contribution in [3.05, 3.63) is 64.1 Å². The molecule has 0 fully saturated rings. The molecule has 2 N–H and O–H groups in total. The van der Waals surface area contributed by atoms with Gasteiger partial charge in [0.25, 0.3) is 0 Å². The SMILES string of the molecule is NCCc1cc(Br)ccc1OCC(F)(F)c1ccccc1. The van der Waals surface area contributed by atoms with Crippen LogP contribution in [0, 0.1) is 0 Å². The van der Waals surface area contributed by atoms with Gasteiger partial charge in [-0.3, -0.25) is 0 Å². The molecule has 2 nitrogen and oxygen atoms in total. The van der Waals surface area contributed by atoms with Crippen molar-refractivity contribution < 1.29 is 13.5 Å². The van der Waals surface area contributed by atoms with E-state index in [2.05, 4.69) is 15.9 Å². The van der Waals surface area contributed by atoms with Crippen LogP contribution in [0.5, 0.6) is 5.75 Å². The lowest BCUT2D eigenvalue weighted by molar-refractivity contribution is -0.0469. The number of nitrogens with two attached hydrogens (primary N) is 1. The summed E-state index contributed by atoms with van der Waals surface area (Å²) in [7, 11) is 0.